The highest BCUT2D eigenvalue weighted by molar-refractivity contribution is 5.76. The highest BCUT2D eigenvalue weighted by Crippen LogP contribution is 2.06. The van der Waals surface area contributed by atoms with E-state index in [1.807, 2.05) is 12.3 Å². The van der Waals surface area contributed by atoms with Crippen LogP contribution in [0, 0.1) is 0 Å². The zero-order valence-electron chi connectivity index (χ0n) is 13.4. The van der Waals surface area contributed by atoms with E-state index in [9.17, 15) is 9.59 Å². The van der Waals surface area contributed by atoms with Crippen molar-refractivity contribution in [1.29, 1.82) is 0 Å². The Hall–Kier alpha value is -2.13. The summed E-state index contributed by atoms with van der Waals surface area (Å²) in [4.78, 5) is 26.6. The molecule has 1 aromatic heterocycles. The first-order valence-electron chi connectivity index (χ1n) is 7.63. The van der Waals surface area contributed by atoms with E-state index in [2.05, 4.69) is 10.4 Å². The third kappa shape index (κ3) is 5.87. The lowest BCUT2D eigenvalue weighted by molar-refractivity contribution is -0.119. The summed E-state index contributed by atoms with van der Waals surface area (Å²) < 4.78 is 7.41. The summed E-state index contributed by atoms with van der Waals surface area (Å²) in [7, 11) is 1.80. The number of hydrogen-bond donors (Lipinski definition) is 2. The molecular weight excluding hydrogens is 300 g/mol. The van der Waals surface area contributed by atoms with Crippen LogP contribution in [0.5, 0.6) is 0 Å². The fourth-order valence-electron chi connectivity index (χ4n) is 2.51. The van der Waals surface area contributed by atoms with E-state index >= 15 is 0 Å². The summed E-state index contributed by atoms with van der Waals surface area (Å²) >= 11 is 0. The molecule has 9 heteroatoms. The second-order valence-corrected chi connectivity index (χ2v) is 5.60. The highest BCUT2D eigenvalue weighted by atomic mass is 16.5. The molecule has 2 rings (SSSR count). The topological polar surface area (TPSA) is 106 Å². The molecule has 1 aromatic rings. The Morgan fingerprint density at radius 1 is 1.52 bits per heavy atom. The molecule has 0 bridgehead atoms. The molecule has 0 aliphatic carbocycles. The lowest BCUT2D eigenvalue weighted by atomic mass is 10.2. The highest BCUT2D eigenvalue weighted by Gasteiger charge is 2.25. The molecule has 1 unspecified atom stereocenters. The number of amides is 3. The van der Waals surface area contributed by atoms with Gasteiger partial charge in [-0.3, -0.25) is 14.4 Å². The van der Waals surface area contributed by atoms with Crippen molar-refractivity contribution >= 4 is 11.9 Å². The minimum atomic E-state index is -0.378. The van der Waals surface area contributed by atoms with Gasteiger partial charge in [-0.05, 0) is 13.1 Å². The summed E-state index contributed by atoms with van der Waals surface area (Å²) in [6, 6.07) is 1.74. The first-order valence-corrected chi connectivity index (χ1v) is 7.63. The van der Waals surface area contributed by atoms with Crippen LogP contribution in [-0.2, 0) is 16.1 Å². The Labute approximate surface area is 135 Å². The molecule has 3 amide bonds. The van der Waals surface area contributed by atoms with Crippen molar-refractivity contribution in [1.82, 2.24) is 24.9 Å². The summed E-state index contributed by atoms with van der Waals surface area (Å²) in [5.41, 5.74) is 5.17. The van der Waals surface area contributed by atoms with Gasteiger partial charge in [0.1, 0.15) is 0 Å². The minimum Gasteiger partial charge on any atom is -0.373 e. The Bertz CT molecular complexity index is 507. The molecule has 0 radical (unpaired) electrons. The number of rotatable bonds is 7. The molecule has 3 N–H and O–H groups in total. The molecule has 1 aliphatic rings. The third-order valence-electron chi connectivity index (χ3n) is 3.54. The van der Waals surface area contributed by atoms with Crippen LogP contribution >= 0.6 is 0 Å². The number of urea groups is 1. The van der Waals surface area contributed by atoms with Gasteiger partial charge >= 0.3 is 6.03 Å². The lowest BCUT2D eigenvalue weighted by Gasteiger charge is -2.34. The SMILES string of the molecule is CN(CC(N)=O)CC1CN(C(=O)NCCn2cccn2)CCO1. The van der Waals surface area contributed by atoms with Crippen LogP contribution in [-0.4, -0.2) is 84.0 Å². The fraction of sp³-hybridized carbons (Fsp3) is 0.643. The number of carbonyl (C=O) groups is 2. The number of nitrogens with zero attached hydrogens (tertiary/aromatic N) is 4. The van der Waals surface area contributed by atoms with Crippen molar-refractivity contribution in [3.8, 4) is 0 Å². The van der Waals surface area contributed by atoms with Gasteiger partial charge in [0.2, 0.25) is 5.91 Å². The van der Waals surface area contributed by atoms with Gasteiger partial charge in [0.05, 0.1) is 25.8 Å². The molecule has 1 atom stereocenters. The molecule has 2 heterocycles. The quantitative estimate of drug-likeness (QED) is 0.649. The first-order chi connectivity index (χ1) is 11.0. The molecule has 128 valence electrons. The number of morpholine rings is 1. The average molecular weight is 324 g/mol. The minimum absolute atomic E-state index is 0.108. The third-order valence-corrected chi connectivity index (χ3v) is 3.54. The van der Waals surface area contributed by atoms with Crippen LogP contribution in [0.25, 0.3) is 0 Å². The van der Waals surface area contributed by atoms with E-state index in [1.165, 1.54) is 0 Å². The van der Waals surface area contributed by atoms with Crippen LogP contribution in [0.3, 0.4) is 0 Å². The zero-order valence-corrected chi connectivity index (χ0v) is 13.4. The van der Waals surface area contributed by atoms with Crippen molar-refractivity contribution < 1.29 is 14.3 Å². The Kier molecular flexibility index (Phi) is 6.36. The van der Waals surface area contributed by atoms with E-state index in [1.54, 1.807) is 27.7 Å². The number of likely N-dealkylation sites (N-methyl/N-ethyl adjacent to an activating group) is 1. The maximum absolute atomic E-state index is 12.2. The zero-order chi connectivity index (χ0) is 16.7. The van der Waals surface area contributed by atoms with Crippen molar-refractivity contribution in [2.45, 2.75) is 12.6 Å². The standard InChI is InChI=1S/C14H24N6O3/c1-18(11-13(15)21)9-12-10-19(7-8-23-12)14(22)16-4-6-20-5-2-3-17-20/h2-3,5,12H,4,6-11H2,1H3,(H2,15,21)(H,16,22). The molecule has 23 heavy (non-hydrogen) atoms. The fourth-order valence-corrected chi connectivity index (χ4v) is 2.51. The number of aromatic nitrogens is 2. The average Bonchev–Trinajstić information content (AvgIpc) is 2.99. The van der Waals surface area contributed by atoms with Gasteiger partial charge in [0, 0.05) is 38.6 Å². The van der Waals surface area contributed by atoms with Gasteiger partial charge in [0.15, 0.2) is 0 Å². The van der Waals surface area contributed by atoms with Crippen LogP contribution in [0.4, 0.5) is 4.79 Å². The Morgan fingerprint density at radius 2 is 2.35 bits per heavy atom. The van der Waals surface area contributed by atoms with E-state index in [0.717, 1.165) is 0 Å². The molecule has 1 saturated heterocycles. The first kappa shape index (κ1) is 17.2. The molecule has 9 nitrogen and oxygen atoms in total. The van der Waals surface area contributed by atoms with Gasteiger partial charge in [-0.15, -0.1) is 0 Å². The summed E-state index contributed by atoms with van der Waals surface area (Å²) in [6.07, 6.45) is 3.44. The van der Waals surface area contributed by atoms with Gasteiger partial charge in [-0.1, -0.05) is 0 Å². The molecular formula is C14H24N6O3. The second-order valence-electron chi connectivity index (χ2n) is 5.60. The summed E-state index contributed by atoms with van der Waals surface area (Å²) in [6.45, 7) is 3.43. The molecule has 0 aromatic carbocycles. The van der Waals surface area contributed by atoms with Crippen molar-refractivity contribution in [3.63, 3.8) is 0 Å². The summed E-state index contributed by atoms with van der Waals surface area (Å²) in [5.74, 6) is -0.378. The van der Waals surface area contributed by atoms with Crippen LogP contribution in [0.15, 0.2) is 18.5 Å². The second kappa shape index (κ2) is 8.49. The predicted molar refractivity (Wildman–Crippen MR) is 83.6 cm³/mol. The van der Waals surface area contributed by atoms with Crippen LogP contribution in [0.1, 0.15) is 0 Å². The van der Waals surface area contributed by atoms with Crippen molar-refractivity contribution in [2.75, 3.05) is 46.4 Å². The molecule has 0 saturated carbocycles. The van der Waals surface area contributed by atoms with Gasteiger partial charge < -0.3 is 20.7 Å². The van der Waals surface area contributed by atoms with E-state index < -0.39 is 0 Å². The van der Waals surface area contributed by atoms with Gasteiger partial charge in [0.25, 0.3) is 0 Å². The number of nitrogens with one attached hydrogen (secondary N) is 1. The van der Waals surface area contributed by atoms with Crippen molar-refractivity contribution in [3.05, 3.63) is 18.5 Å². The maximum Gasteiger partial charge on any atom is 0.317 e. The van der Waals surface area contributed by atoms with E-state index in [0.29, 0.717) is 39.3 Å². The van der Waals surface area contributed by atoms with Crippen molar-refractivity contribution in [2.24, 2.45) is 5.73 Å². The van der Waals surface area contributed by atoms with Crippen LogP contribution in [0.2, 0.25) is 0 Å². The molecule has 1 fully saturated rings. The lowest BCUT2D eigenvalue weighted by Crippen LogP contribution is -2.52. The number of primary amides is 1. The van der Waals surface area contributed by atoms with Crippen LogP contribution < -0.4 is 11.1 Å². The normalized spacial score (nSPS) is 18.2. The number of hydrogen-bond acceptors (Lipinski definition) is 5. The van der Waals surface area contributed by atoms with E-state index in [-0.39, 0.29) is 24.6 Å². The number of carbonyl (C=O) groups excluding carboxylic acids is 2. The Morgan fingerprint density at radius 3 is 3.04 bits per heavy atom. The Balaban J connectivity index is 1.71. The van der Waals surface area contributed by atoms with E-state index in [4.69, 9.17) is 10.5 Å². The van der Waals surface area contributed by atoms with Gasteiger partial charge in [-0.2, -0.15) is 5.10 Å². The molecule has 0 spiro atoms. The van der Waals surface area contributed by atoms with Gasteiger partial charge in [-0.25, -0.2) is 4.79 Å². The monoisotopic (exact) mass is 324 g/mol. The predicted octanol–water partition coefficient (Wildman–Crippen LogP) is -1.29. The maximum atomic E-state index is 12.2. The largest absolute Gasteiger partial charge is 0.373 e. The number of nitrogens with two attached hydrogens (primary N) is 1. The summed E-state index contributed by atoms with van der Waals surface area (Å²) in [5, 5.41) is 6.96. The molecule has 1 aliphatic heterocycles. The number of ether oxygens (including phenoxy) is 1. The smallest absolute Gasteiger partial charge is 0.317 e.